The molecule has 5 heteroatoms. The van der Waals surface area contributed by atoms with Gasteiger partial charge in [-0.3, -0.25) is 9.69 Å². The SMILES string of the molecule is CCCN(CC(=O)O)C(C)c1ccc(O)c(OC)c1. The van der Waals surface area contributed by atoms with Gasteiger partial charge in [0.25, 0.3) is 0 Å². The molecule has 1 aromatic rings. The molecule has 0 heterocycles. The van der Waals surface area contributed by atoms with Crippen molar-refractivity contribution in [3.8, 4) is 11.5 Å². The molecule has 0 saturated carbocycles. The Morgan fingerprint density at radius 2 is 2.16 bits per heavy atom. The lowest BCUT2D eigenvalue weighted by Gasteiger charge is -2.27. The average molecular weight is 267 g/mol. The Hall–Kier alpha value is -1.75. The highest BCUT2D eigenvalue weighted by Crippen LogP contribution is 2.30. The van der Waals surface area contributed by atoms with Gasteiger partial charge in [0, 0.05) is 6.04 Å². The lowest BCUT2D eigenvalue weighted by molar-refractivity contribution is -0.138. The van der Waals surface area contributed by atoms with Crippen LogP contribution in [0.3, 0.4) is 0 Å². The van der Waals surface area contributed by atoms with Crippen molar-refractivity contribution in [3.63, 3.8) is 0 Å². The molecule has 0 spiro atoms. The molecule has 0 aliphatic heterocycles. The molecule has 0 aromatic heterocycles. The average Bonchev–Trinajstić information content (AvgIpc) is 2.37. The number of hydrogen-bond donors (Lipinski definition) is 2. The number of phenolic OH excluding ortho intramolecular Hbond substituents is 1. The number of rotatable bonds is 7. The van der Waals surface area contributed by atoms with Gasteiger partial charge < -0.3 is 14.9 Å². The van der Waals surface area contributed by atoms with E-state index >= 15 is 0 Å². The number of nitrogens with zero attached hydrogens (tertiary/aromatic N) is 1. The molecule has 19 heavy (non-hydrogen) atoms. The molecule has 1 aromatic carbocycles. The van der Waals surface area contributed by atoms with Gasteiger partial charge in [-0.05, 0) is 37.6 Å². The summed E-state index contributed by atoms with van der Waals surface area (Å²) in [5.74, 6) is -0.360. The third kappa shape index (κ3) is 4.13. The minimum atomic E-state index is -0.842. The fourth-order valence-electron chi connectivity index (χ4n) is 2.04. The van der Waals surface area contributed by atoms with Crippen LogP contribution >= 0.6 is 0 Å². The molecule has 1 atom stereocenters. The number of aliphatic carboxylic acids is 1. The highest BCUT2D eigenvalue weighted by atomic mass is 16.5. The van der Waals surface area contributed by atoms with Crippen LogP contribution in [0.15, 0.2) is 18.2 Å². The van der Waals surface area contributed by atoms with E-state index in [0.29, 0.717) is 12.3 Å². The molecule has 0 fully saturated rings. The molecule has 2 N–H and O–H groups in total. The maximum atomic E-state index is 10.9. The molecular weight excluding hydrogens is 246 g/mol. The summed E-state index contributed by atoms with van der Waals surface area (Å²) in [5, 5.41) is 18.5. The minimum Gasteiger partial charge on any atom is -0.504 e. The number of ether oxygens (including phenoxy) is 1. The number of benzene rings is 1. The maximum Gasteiger partial charge on any atom is 0.317 e. The predicted octanol–water partition coefficient (Wildman–Crippen LogP) is 2.26. The first-order valence-electron chi connectivity index (χ1n) is 6.32. The van der Waals surface area contributed by atoms with Crippen molar-refractivity contribution in [2.45, 2.75) is 26.3 Å². The Morgan fingerprint density at radius 1 is 1.47 bits per heavy atom. The molecule has 0 radical (unpaired) electrons. The van der Waals surface area contributed by atoms with Crippen molar-refractivity contribution < 1.29 is 19.7 Å². The lowest BCUT2D eigenvalue weighted by Crippen LogP contribution is -2.33. The van der Waals surface area contributed by atoms with E-state index in [1.54, 1.807) is 18.2 Å². The van der Waals surface area contributed by atoms with E-state index in [2.05, 4.69) is 0 Å². The van der Waals surface area contributed by atoms with E-state index in [9.17, 15) is 9.90 Å². The van der Waals surface area contributed by atoms with Gasteiger partial charge >= 0.3 is 5.97 Å². The lowest BCUT2D eigenvalue weighted by atomic mass is 10.1. The largest absolute Gasteiger partial charge is 0.504 e. The molecule has 0 amide bonds. The number of aromatic hydroxyl groups is 1. The van der Waals surface area contributed by atoms with Crippen LogP contribution < -0.4 is 4.74 Å². The van der Waals surface area contributed by atoms with Crippen LogP contribution in [0.4, 0.5) is 0 Å². The number of carboxylic acids is 1. The topological polar surface area (TPSA) is 70.0 Å². The first-order valence-corrected chi connectivity index (χ1v) is 6.32. The summed E-state index contributed by atoms with van der Waals surface area (Å²) in [6.07, 6.45) is 0.882. The van der Waals surface area contributed by atoms with Gasteiger partial charge in [0.2, 0.25) is 0 Å². The zero-order chi connectivity index (χ0) is 14.4. The fourth-order valence-corrected chi connectivity index (χ4v) is 2.04. The number of hydrogen-bond acceptors (Lipinski definition) is 4. The van der Waals surface area contributed by atoms with Gasteiger partial charge in [0.15, 0.2) is 11.5 Å². The molecule has 0 saturated heterocycles. The second-order valence-corrected chi connectivity index (χ2v) is 4.47. The van der Waals surface area contributed by atoms with E-state index < -0.39 is 5.97 Å². The summed E-state index contributed by atoms with van der Waals surface area (Å²) in [6.45, 7) is 4.66. The summed E-state index contributed by atoms with van der Waals surface area (Å²) in [7, 11) is 1.49. The van der Waals surface area contributed by atoms with E-state index in [4.69, 9.17) is 9.84 Å². The number of carbonyl (C=O) groups is 1. The maximum absolute atomic E-state index is 10.9. The number of phenols is 1. The van der Waals surface area contributed by atoms with Crippen molar-refractivity contribution in [3.05, 3.63) is 23.8 Å². The van der Waals surface area contributed by atoms with Crippen LogP contribution in [-0.4, -0.2) is 41.3 Å². The zero-order valence-corrected chi connectivity index (χ0v) is 11.6. The zero-order valence-electron chi connectivity index (χ0n) is 11.6. The van der Waals surface area contributed by atoms with E-state index in [1.807, 2.05) is 18.7 Å². The summed E-state index contributed by atoms with van der Waals surface area (Å²) in [5.41, 5.74) is 0.921. The van der Waals surface area contributed by atoms with Gasteiger partial charge in [-0.1, -0.05) is 13.0 Å². The Morgan fingerprint density at radius 3 is 2.68 bits per heavy atom. The Balaban J connectivity index is 2.94. The Labute approximate surface area is 113 Å². The molecule has 1 rings (SSSR count). The Bertz CT molecular complexity index is 433. The highest BCUT2D eigenvalue weighted by Gasteiger charge is 2.18. The molecular formula is C14H21NO4. The van der Waals surface area contributed by atoms with Crippen molar-refractivity contribution >= 4 is 5.97 Å². The van der Waals surface area contributed by atoms with Gasteiger partial charge in [-0.25, -0.2) is 0 Å². The quantitative estimate of drug-likeness (QED) is 0.793. The van der Waals surface area contributed by atoms with Gasteiger partial charge in [-0.15, -0.1) is 0 Å². The third-order valence-electron chi connectivity index (χ3n) is 3.08. The van der Waals surface area contributed by atoms with Crippen LogP contribution in [0.2, 0.25) is 0 Å². The van der Waals surface area contributed by atoms with Crippen molar-refractivity contribution in [1.82, 2.24) is 4.90 Å². The standard InChI is InChI=1S/C14H21NO4/c1-4-7-15(9-14(17)18)10(2)11-5-6-12(16)13(8-11)19-3/h5-6,8,10,16H,4,7,9H2,1-3H3,(H,17,18). The van der Waals surface area contributed by atoms with Crippen LogP contribution in [-0.2, 0) is 4.79 Å². The van der Waals surface area contributed by atoms with Crippen molar-refractivity contribution in [2.24, 2.45) is 0 Å². The molecule has 5 nitrogen and oxygen atoms in total. The van der Waals surface area contributed by atoms with Crippen LogP contribution in [0.1, 0.15) is 31.9 Å². The monoisotopic (exact) mass is 267 g/mol. The molecule has 106 valence electrons. The first kappa shape index (κ1) is 15.3. The van der Waals surface area contributed by atoms with Gasteiger partial charge in [0.05, 0.1) is 13.7 Å². The van der Waals surface area contributed by atoms with Gasteiger partial charge in [-0.2, -0.15) is 0 Å². The molecule has 0 bridgehead atoms. The second-order valence-electron chi connectivity index (χ2n) is 4.47. The molecule has 1 unspecified atom stereocenters. The Kier molecular flexibility index (Phi) is 5.63. The smallest absolute Gasteiger partial charge is 0.317 e. The summed E-state index contributed by atoms with van der Waals surface area (Å²) >= 11 is 0. The number of methoxy groups -OCH3 is 1. The van der Waals surface area contributed by atoms with Crippen molar-refractivity contribution in [1.29, 1.82) is 0 Å². The second kappa shape index (κ2) is 6.99. The summed E-state index contributed by atoms with van der Waals surface area (Å²) in [6, 6.07) is 5.04. The van der Waals surface area contributed by atoms with Crippen LogP contribution in [0.5, 0.6) is 11.5 Å². The fraction of sp³-hybridized carbons (Fsp3) is 0.500. The van der Waals surface area contributed by atoms with Crippen molar-refractivity contribution in [2.75, 3.05) is 20.2 Å². The predicted molar refractivity (Wildman–Crippen MR) is 72.6 cm³/mol. The highest BCUT2D eigenvalue weighted by molar-refractivity contribution is 5.69. The number of carboxylic acid groups (broad SMARTS) is 1. The third-order valence-corrected chi connectivity index (χ3v) is 3.08. The minimum absolute atomic E-state index is 0.00179. The van der Waals surface area contributed by atoms with Crippen LogP contribution in [0, 0.1) is 0 Å². The van der Waals surface area contributed by atoms with E-state index in [1.165, 1.54) is 7.11 Å². The van der Waals surface area contributed by atoms with E-state index in [-0.39, 0.29) is 18.3 Å². The van der Waals surface area contributed by atoms with Gasteiger partial charge in [0.1, 0.15) is 0 Å². The van der Waals surface area contributed by atoms with Crippen LogP contribution in [0.25, 0.3) is 0 Å². The summed E-state index contributed by atoms with van der Waals surface area (Å²) in [4.78, 5) is 12.8. The molecule has 0 aliphatic rings. The molecule has 0 aliphatic carbocycles. The first-order chi connectivity index (χ1) is 8.99. The van der Waals surface area contributed by atoms with E-state index in [0.717, 1.165) is 12.0 Å². The summed E-state index contributed by atoms with van der Waals surface area (Å²) < 4.78 is 5.07. The normalized spacial score (nSPS) is 12.4.